The lowest BCUT2D eigenvalue weighted by molar-refractivity contribution is -0.129. The Labute approximate surface area is 221 Å². The molecule has 2 bridgehead atoms. The van der Waals surface area contributed by atoms with Gasteiger partial charge in [-0.25, -0.2) is 9.78 Å². The zero-order valence-corrected chi connectivity index (χ0v) is 21.8. The third kappa shape index (κ3) is 3.92. The Morgan fingerprint density at radius 3 is 2.32 bits per heavy atom. The van der Waals surface area contributed by atoms with Gasteiger partial charge < -0.3 is 4.74 Å². The number of pyridine rings is 1. The monoisotopic (exact) mass is 510 g/mol. The van der Waals surface area contributed by atoms with Crippen LogP contribution in [0.3, 0.4) is 0 Å². The lowest BCUT2D eigenvalue weighted by Gasteiger charge is -2.19. The van der Waals surface area contributed by atoms with Gasteiger partial charge in [0.2, 0.25) is 11.8 Å². The Kier molecular flexibility index (Phi) is 5.70. The number of hydrogen-bond donors (Lipinski definition) is 0. The summed E-state index contributed by atoms with van der Waals surface area (Å²) in [7, 11) is 0. The van der Waals surface area contributed by atoms with Gasteiger partial charge in [-0.05, 0) is 55.4 Å². The lowest BCUT2D eigenvalue weighted by Crippen LogP contribution is -2.32. The van der Waals surface area contributed by atoms with Crippen LogP contribution in [0.2, 0.25) is 0 Å². The smallest absolute Gasteiger partial charge is 0.339 e. The number of para-hydroxylation sites is 1. The van der Waals surface area contributed by atoms with Gasteiger partial charge in [0.25, 0.3) is 0 Å². The number of aromatic nitrogens is 1. The highest BCUT2D eigenvalue weighted by atomic mass is 16.5. The van der Waals surface area contributed by atoms with Crippen LogP contribution in [-0.2, 0) is 19.1 Å². The normalized spacial score (nSPS) is 24.2. The zero-order valence-electron chi connectivity index (χ0n) is 21.8. The molecule has 1 saturated heterocycles. The summed E-state index contributed by atoms with van der Waals surface area (Å²) in [5.41, 5.74) is 2.00. The number of benzene rings is 2. The van der Waals surface area contributed by atoms with Gasteiger partial charge in [0.15, 0.2) is 12.4 Å². The number of anilines is 1. The molecule has 0 unspecified atom stereocenters. The molecular weight excluding hydrogens is 480 g/mol. The Hall–Kier alpha value is -3.87. The van der Waals surface area contributed by atoms with Crippen LogP contribution in [0.1, 0.15) is 50.4 Å². The van der Waals surface area contributed by atoms with Crippen molar-refractivity contribution in [3.05, 3.63) is 60.2 Å². The maximum absolute atomic E-state index is 13.4. The second-order valence-corrected chi connectivity index (χ2v) is 11.8. The molecule has 2 aromatic carbocycles. The van der Waals surface area contributed by atoms with Crippen LogP contribution >= 0.6 is 0 Å². The predicted octanol–water partition coefficient (Wildman–Crippen LogP) is 5.21. The summed E-state index contributed by atoms with van der Waals surface area (Å²) in [6.07, 6.45) is 3.04. The largest absolute Gasteiger partial charge is 0.454 e. The number of ether oxygens (including phenoxy) is 1. The topological polar surface area (TPSA) is 93.6 Å². The number of hydrogen-bond acceptors (Lipinski definition) is 6. The van der Waals surface area contributed by atoms with E-state index in [1.165, 1.54) is 4.90 Å². The van der Waals surface area contributed by atoms with Crippen LogP contribution in [0.4, 0.5) is 5.69 Å². The summed E-state index contributed by atoms with van der Waals surface area (Å²) in [5.74, 6) is -0.720. The van der Waals surface area contributed by atoms with Crippen molar-refractivity contribution in [3.8, 4) is 11.3 Å². The minimum atomic E-state index is -0.616. The van der Waals surface area contributed by atoms with Gasteiger partial charge in [0.05, 0.1) is 34.3 Å². The minimum absolute atomic E-state index is 0.0939. The lowest BCUT2D eigenvalue weighted by atomic mass is 9.81. The van der Waals surface area contributed by atoms with E-state index in [2.05, 4.69) is 0 Å². The Morgan fingerprint density at radius 1 is 0.947 bits per heavy atom. The average molecular weight is 511 g/mol. The highest BCUT2D eigenvalue weighted by Gasteiger charge is 2.61. The number of imide groups is 1. The van der Waals surface area contributed by atoms with Crippen molar-refractivity contribution in [2.45, 2.75) is 40.0 Å². The summed E-state index contributed by atoms with van der Waals surface area (Å²) in [5, 5.41) is 0.619. The first-order valence-electron chi connectivity index (χ1n) is 13.2. The van der Waals surface area contributed by atoms with Gasteiger partial charge in [0.1, 0.15) is 0 Å². The van der Waals surface area contributed by atoms with E-state index in [1.54, 1.807) is 51.1 Å². The van der Waals surface area contributed by atoms with Crippen molar-refractivity contribution < 1.29 is 23.9 Å². The Morgan fingerprint density at radius 2 is 1.63 bits per heavy atom. The molecule has 6 rings (SSSR count). The fourth-order valence-electron chi connectivity index (χ4n) is 6.39. The molecule has 1 aliphatic heterocycles. The molecule has 0 radical (unpaired) electrons. The number of Topliss-reactive ketones (excluding diaryl/α,β-unsaturated/α-hetero) is 1. The van der Waals surface area contributed by atoms with Crippen LogP contribution in [0, 0.1) is 29.1 Å². The number of fused-ring (bicyclic) bond motifs is 6. The van der Waals surface area contributed by atoms with Crippen molar-refractivity contribution >= 4 is 40.2 Å². The molecule has 7 heteroatoms. The molecule has 0 N–H and O–H groups in total. The number of rotatable bonds is 5. The zero-order chi connectivity index (χ0) is 26.8. The molecule has 2 heterocycles. The van der Waals surface area contributed by atoms with Gasteiger partial charge in [-0.15, -0.1) is 0 Å². The molecule has 2 aliphatic carbocycles. The van der Waals surface area contributed by atoms with E-state index in [4.69, 9.17) is 9.72 Å². The molecule has 3 aliphatic rings. The second-order valence-electron chi connectivity index (χ2n) is 11.8. The Bertz CT molecular complexity index is 1480. The summed E-state index contributed by atoms with van der Waals surface area (Å²) in [6.45, 7) is 5.03. The molecule has 3 aromatic rings. The molecule has 7 nitrogen and oxygen atoms in total. The number of carbonyl (C=O) groups is 4. The molecule has 194 valence electrons. The summed E-state index contributed by atoms with van der Waals surface area (Å²) < 4.78 is 5.40. The van der Waals surface area contributed by atoms with Crippen molar-refractivity contribution in [1.82, 2.24) is 4.98 Å². The van der Waals surface area contributed by atoms with Crippen LogP contribution < -0.4 is 4.90 Å². The van der Waals surface area contributed by atoms with E-state index in [0.29, 0.717) is 45.2 Å². The number of carbonyl (C=O) groups excluding carboxylic acids is 4. The van der Waals surface area contributed by atoms with E-state index >= 15 is 0 Å². The quantitative estimate of drug-likeness (QED) is 0.346. The average Bonchev–Trinajstić information content (AvgIpc) is 3.59. The summed E-state index contributed by atoms with van der Waals surface area (Å²) in [4.78, 5) is 58.3. The molecule has 0 spiro atoms. The van der Waals surface area contributed by atoms with Gasteiger partial charge in [-0.3, -0.25) is 19.3 Å². The van der Waals surface area contributed by atoms with E-state index in [1.807, 2.05) is 24.3 Å². The predicted molar refractivity (Wildman–Crippen MR) is 142 cm³/mol. The van der Waals surface area contributed by atoms with E-state index in [-0.39, 0.29) is 36.0 Å². The van der Waals surface area contributed by atoms with E-state index in [9.17, 15) is 19.2 Å². The molecular formula is C31H30N2O5. The van der Waals surface area contributed by atoms with Gasteiger partial charge in [-0.2, -0.15) is 0 Å². The fourth-order valence-corrected chi connectivity index (χ4v) is 6.39. The number of esters is 1. The Balaban J connectivity index is 1.34. The van der Waals surface area contributed by atoms with E-state index in [0.717, 1.165) is 19.3 Å². The van der Waals surface area contributed by atoms with Crippen LogP contribution in [0.25, 0.3) is 22.2 Å². The number of ketones is 1. The molecule has 38 heavy (non-hydrogen) atoms. The SMILES string of the molecule is CC(C)(C)C(=O)COC(=O)c1cc(-c2cccc(N3C(=O)[C@H]4[C@H]5CC[C@@H](C5)[C@@H]4C3=O)c2)nc2ccccc12. The molecule has 2 amide bonds. The fraction of sp³-hybridized carbons (Fsp3) is 0.387. The van der Waals surface area contributed by atoms with Gasteiger partial charge in [0, 0.05) is 16.4 Å². The maximum Gasteiger partial charge on any atom is 0.339 e. The number of nitrogens with zero attached hydrogens (tertiary/aromatic N) is 2. The highest BCUT2D eigenvalue weighted by Crippen LogP contribution is 2.56. The van der Waals surface area contributed by atoms with Crippen LogP contribution in [0.5, 0.6) is 0 Å². The van der Waals surface area contributed by atoms with Crippen molar-refractivity contribution in [3.63, 3.8) is 0 Å². The van der Waals surface area contributed by atoms with Crippen molar-refractivity contribution in [2.24, 2.45) is 29.1 Å². The first-order chi connectivity index (χ1) is 18.1. The number of amides is 2. The molecule has 3 fully saturated rings. The van der Waals surface area contributed by atoms with E-state index < -0.39 is 11.4 Å². The maximum atomic E-state index is 13.4. The van der Waals surface area contributed by atoms with Gasteiger partial charge >= 0.3 is 5.97 Å². The first kappa shape index (κ1) is 24.5. The summed E-state index contributed by atoms with van der Waals surface area (Å²) >= 11 is 0. The molecule has 4 atom stereocenters. The van der Waals surface area contributed by atoms with Crippen LogP contribution in [-0.4, -0.2) is 35.2 Å². The summed E-state index contributed by atoms with van der Waals surface area (Å²) in [6, 6.07) is 16.1. The van der Waals surface area contributed by atoms with Gasteiger partial charge in [-0.1, -0.05) is 51.1 Å². The van der Waals surface area contributed by atoms with Crippen molar-refractivity contribution in [1.29, 1.82) is 0 Å². The standard InChI is InChI=1S/C31H30N2O5/c1-31(2,3)25(34)16-38-30(37)22-15-24(32-23-10-5-4-9-21(22)23)17-7-6-8-20(14-17)33-28(35)26-18-11-12-19(13-18)27(26)29(33)36/h4-10,14-15,18-19,26-27H,11-13,16H2,1-3H3/t18-,19-,26-,27-/m0/s1. The van der Waals surface area contributed by atoms with Crippen molar-refractivity contribution in [2.75, 3.05) is 11.5 Å². The molecule has 1 aromatic heterocycles. The minimum Gasteiger partial charge on any atom is -0.454 e. The molecule has 2 saturated carbocycles. The van der Waals surface area contributed by atoms with Crippen LogP contribution in [0.15, 0.2) is 54.6 Å². The third-order valence-electron chi connectivity index (χ3n) is 8.43. The second kappa shape index (κ2) is 8.86. The third-order valence-corrected chi connectivity index (χ3v) is 8.43. The first-order valence-corrected chi connectivity index (χ1v) is 13.2. The highest BCUT2D eigenvalue weighted by molar-refractivity contribution is 6.22.